The van der Waals surface area contributed by atoms with Crippen molar-refractivity contribution in [1.29, 1.82) is 0 Å². The maximum atomic E-state index is 14.3. The van der Waals surface area contributed by atoms with Crippen molar-refractivity contribution in [2.45, 2.75) is 185 Å². The molecule has 0 amide bonds. The van der Waals surface area contributed by atoms with E-state index < -0.39 is 95.5 Å². The molecule has 0 saturated carbocycles. The van der Waals surface area contributed by atoms with E-state index in [0.29, 0.717) is 18.7 Å². The fraction of sp³-hybridized carbons (Fsp3) is 0.975. The molecule has 18 atom stereocenters. The zero-order valence-corrected chi connectivity index (χ0v) is 37.0. The van der Waals surface area contributed by atoms with E-state index in [4.69, 9.17) is 28.4 Å². The smallest absolute Gasteiger partial charge is 0.311 e. The molecule has 0 aromatic heterocycles. The number of hydrogen-bond donors (Lipinski definition) is 7. The molecule has 15 nitrogen and oxygen atoms in total. The third kappa shape index (κ3) is 11.2. The Morgan fingerprint density at radius 1 is 0.982 bits per heavy atom. The number of carbonyl (C=O) groups excluding carboxylic acids is 1. The van der Waals surface area contributed by atoms with E-state index in [-0.39, 0.29) is 49.7 Å². The fourth-order valence-electron chi connectivity index (χ4n) is 8.98. The predicted octanol–water partition coefficient (Wildman–Crippen LogP) is 1.65. The molecule has 0 radical (unpaired) electrons. The average molecular weight is 825 g/mol. The van der Waals surface area contributed by atoms with Gasteiger partial charge in [0.25, 0.3) is 0 Å². The Labute approximate surface area is 339 Å². The highest BCUT2D eigenvalue weighted by atomic mass is 32.2. The van der Waals surface area contributed by atoms with Gasteiger partial charge in [0.2, 0.25) is 0 Å². The summed E-state index contributed by atoms with van der Waals surface area (Å²) in [5.74, 6) is -2.10. The van der Waals surface area contributed by atoms with E-state index in [9.17, 15) is 35.4 Å². The van der Waals surface area contributed by atoms with Crippen molar-refractivity contribution in [2.24, 2.45) is 17.8 Å². The lowest BCUT2D eigenvalue weighted by Gasteiger charge is -2.53. The van der Waals surface area contributed by atoms with Gasteiger partial charge in [0, 0.05) is 43.0 Å². The summed E-state index contributed by atoms with van der Waals surface area (Å²) in [5.41, 5.74) is -6.06. The second-order valence-corrected chi connectivity index (χ2v) is 18.9. The van der Waals surface area contributed by atoms with Gasteiger partial charge in [-0.05, 0) is 94.3 Å². The standard InChI is InChI=1S/C40H76N2O13S/c1-14-29-39(10,48)33(45)26(6)41-20-22(2)18-37(8,47)34(55-36-31(44)28(42(11)12)17-23(3)51-36)24(4)32(25(5)35(46)53-29)54-30-19-38(9,50-13)40(49,27(7)52-30)21-56-16-15-43/h22-34,36,41,43-45,47-49H,14-21H2,1-13H3/t22-,23-,24+,25-,26-,27+,28+,29-,30+,31-,32+,33-,34-,36+,37-,38-,39-,40+/m1/s1. The van der Waals surface area contributed by atoms with Crippen LogP contribution in [0.2, 0.25) is 0 Å². The van der Waals surface area contributed by atoms with Gasteiger partial charge in [-0.25, -0.2) is 0 Å². The highest BCUT2D eigenvalue weighted by Crippen LogP contribution is 2.44. The van der Waals surface area contributed by atoms with Crippen LogP contribution in [0.4, 0.5) is 0 Å². The van der Waals surface area contributed by atoms with Gasteiger partial charge in [0.15, 0.2) is 12.6 Å². The van der Waals surface area contributed by atoms with E-state index in [2.05, 4.69) is 5.32 Å². The van der Waals surface area contributed by atoms with E-state index >= 15 is 0 Å². The molecule has 3 heterocycles. The lowest BCUT2D eigenvalue weighted by molar-refractivity contribution is -0.333. The normalized spacial score (nSPS) is 47.9. The Kier molecular flexibility index (Phi) is 17.9. The number of esters is 1. The summed E-state index contributed by atoms with van der Waals surface area (Å²) >= 11 is 1.37. The van der Waals surface area contributed by atoms with Crippen molar-refractivity contribution in [3.63, 3.8) is 0 Å². The first-order valence-corrected chi connectivity index (χ1v) is 21.5. The van der Waals surface area contributed by atoms with Crippen LogP contribution in [0.5, 0.6) is 0 Å². The number of thioether (sulfide) groups is 1. The lowest BCUT2D eigenvalue weighted by Crippen LogP contribution is -2.68. The minimum Gasteiger partial charge on any atom is -0.459 e. The number of nitrogens with zero attached hydrogens (tertiary/aromatic N) is 1. The highest BCUT2D eigenvalue weighted by molar-refractivity contribution is 7.99. The maximum absolute atomic E-state index is 14.3. The van der Waals surface area contributed by atoms with Crippen molar-refractivity contribution in [1.82, 2.24) is 10.2 Å². The molecule has 0 aromatic carbocycles. The van der Waals surface area contributed by atoms with E-state index in [1.54, 1.807) is 48.5 Å². The van der Waals surface area contributed by atoms with Crippen LogP contribution in [0.15, 0.2) is 0 Å². The second kappa shape index (κ2) is 20.2. The van der Waals surface area contributed by atoms with Crippen molar-refractivity contribution < 1.29 is 63.9 Å². The molecule has 3 rings (SSSR count). The Morgan fingerprint density at radius 3 is 2.20 bits per heavy atom. The molecular weight excluding hydrogens is 749 g/mol. The number of nitrogens with one attached hydrogen (secondary N) is 1. The van der Waals surface area contributed by atoms with Crippen molar-refractivity contribution in [3.8, 4) is 0 Å². The molecule has 16 heteroatoms. The van der Waals surface area contributed by atoms with Crippen LogP contribution >= 0.6 is 11.8 Å². The molecule has 0 spiro atoms. The number of carbonyl (C=O) groups is 1. The highest BCUT2D eigenvalue weighted by Gasteiger charge is 2.58. The zero-order valence-electron chi connectivity index (χ0n) is 36.1. The summed E-state index contributed by atoms with van der Waals surface area (Å²) in [6, 6.07) is -0.897. The quantitative estimate of drug-likeness (QED) is 0.117. The third-order valence-corrected chi connectivity index (χ3v) is 13.9. The topological polar surface area (TPSA) is 209 Å². The molecule has 3 aliphatic rings. The monoisotopic (exact) mass is 825 g/mol. The molecule has 3 saturated heterocycles. The van der Waals surface area contributed by atoms with Crippen LogP contribution < -0.4 is 5.32 Å². The van der Waals surface area contributed by atoms with Crippen molar-refractivity contribution in [3.05, 3.63) is 0 Å². The summed E-state index contributed by atoms with van der Waals surface area (Å²) in [7, 11) is 5.26. The molecular formula is C40H76N2O13S. The van der Waals surface area contributed by atoms with Crippen LogP contribution in [-0.2, 0) is 33.2 Å². The number of rotatable bonds is 11. The lowest BCUT2D eigenvalue weighted by atomic mass is 9.76. The molecule has 0 unspecified atom stereocenters. The van der Waals surface area contributed by atoms with Crippen molar-refractivity contribution in [2.75, 3.05) is 45.9 Å². The molecule has 3 aliphatic heterocycles. The predicted molar refractivity (Wildman–Crippen MR) is 213 cm³/mol. The number of aliphatic hydroxyl groups excluding tert-OH is 3. The Bertz CT molecular complexity index is 1230. The van der Waals surface area contributed by atoms with Gasteiger partial charge >= 0.3 is 5.97 Å². The largest absolute Gasteiger partial charge is 0.459 e. The fourth-order valence-corrected chi connectivity index (χ4v) is 10.1. The first-order valence-electron chi connectivity index (χ1n) is 20.4. The van der Waals surface area contributed by atoms with Gasteiger partial charge in [0.05, 0.1) is 42.5 Å². The van der Waals surface area contributed by atoms with Crippen LogP contribution in [0, 0.1) is 17.8 Å². The minimum atomic E-state index is -1.83. The molecule has 0 aromatic rings. The van der Waals surface area contributed by atoms with Gasteiger partial charge < -0.3 is 69.3 Å². The summed E-state index contributed by atoms with van der Waals surface area (Å²) in [6.45, 7) is 17.7. The molecule has 3 fully saturated rings. The number of ether oxygens (including phenoxy) is 6. The van der Waals surface area contributed by atoms with Crippen molar-refractivity contribution >= 4 is 17.7 Å². The average Bonchev–Trinajstić information content (AvgIpc) is 3.12. The number of aliphatic hydroxyl groups is 6. The first-order chi connectivity index (χ1) is 25.9. The van der Waals surface area contributed by atoms with Gasteiger partial charge in [-0.15, -0.1) is 0 Å². The number of likely N-dealkylation sites (N-methyl/N-ethyl adjacent to an activating group) is 1. The SMILES string of the molecule is CC[C@H]1OC(=O)[C@H](C)[C@@H](O[C@H]2C[C@@](C)(OC)[C@](O)(CSCCO)[C@H](C)O2)[C@H](C)[C@@H](O[C@@H]2O[C@H](C)C[C@H](N(C)C)[C@H]2O)[C@](C)(O)C[C@@H](C)CN[C@H](C)[C@@H](O)[C@]1(C)O. The molecule has 7 N–H and O–H groups in total. The van der Waals surface area contributed by atoms with E-state index in [0.717, 1.165) is 0 Å². The molecule has 0 aliphatic carbocycles. The van der Waals surface area contributed by atoms with E-state index in [1.165, 1.54) is 25.8 Å². The molecule has 56 heavy (non-hydrogen) atoms. The number of methoxy groups -OCH3 is 1. The summed E-state index contributed by atoms with van der Waals surface area (Å²) < 4.78 is 38.2. The maximum Gasteiger partial charge on any atom is 0.311 e. The Morgan fingerprint density at radius 2 is 1.62 bits per heavy atom. The Hall–Kier alpha value is -0.700. The molecule has 330 valence electrons. The van der Waals surface area contributed by atoms with Crippen LogP contribution in [-0.4, -0.2) is 177 Å². The Balaban J connectivity index is 2.16. The van der Waals surface area contributed by atoms with Gasteiger partial charge in [-0.2, -0.15) is 11.8 Å². The summed E-state index contributed by atoms with van der Waals surface area (Å²) in [6.07, 6.45) is -7.82. The number of cyclic esters (lactones) is 1. The third-order valence-electron chi connectivity index (χ3n) is 12.8. The van der Waals surface area contributed by atoms with Gasteiger partial charge in [0.1, 0.15) is 35.1 Å². The van der Waals surface area contributed by atoms with Crippen LogP contribution in [0.1, 0.15) is 94.9 Å². The van der Waals surface area contributed by atoms with Crippen LogP contribution in [0.25, 0.3) is 0 Å². The first kappa shape index (κ1) is 49.7. The summed E-state index contributed by atoms with van der Waals surface area (Å²) in [5, 5.41) is 71.8. The van der Waals surface area contributed by atoms with E-state index in [1.807, 2.05) is 32.8 Å². The number of hydrogen-bond acceptors (Lipinski definition) is 16. The van der Waals surface area contributed by atoms with Gasteiger partial charge in [-0.3, -0.25) is 4.79 Å². The summed E-state index contributed by atoms with van der Waals surface area (Å²) in [4.78, 5) is 16.2. The van der Waals surface area contributed by atoms with Gasteiger partial charge in [-0.1, -0.05) is 20.8 Å². The second-order valence-electron chi connectivity index (χ2n) is 17.8. The minimum absolute atomic E-state index is 0.0504. The zero-order chi connectivity index (χ0) is 42.6. The van der Waals surface area contributed by atoms with Crippen LogP contribution in [0.3, 0.4) is 0 Å². The molecule has 0 bridgehead atoms.